The molecule has 1 amide bonds. The molecule has 0 unspecified atom stereocenters. The first-order chi connectivity index (χ1) is 12.7. The van der Waals surface area contributed by atoms with Gasteiger partial charge in [-0.15, -0.1) is 0 Å². The highest BCUT2D eigenvalue weighted by atomic mass is 32.2. The van der Waals surface area contributed by atoms with Gasteiger partial charge in [0.25, 0.3) is 5.91 Å². The SMILES string of the molecule is CC(C)CNS(=O)(=O)c1ccc(CNC(=O)c2cccc(C(=O)O)c2)cc1. The van der Waals surface area contributed by atoms with Crippen LogP contribution in [0.5, 0.6) is 0 Å². The first-order valence-electron chi connectivity index (χ1n) is 8.39. The van der Waals surface area contributed by atoms with Crippen molar-refractivity contribution in [2.45, 2.75) is 25.3 Å². The molecule has 3 N–H and O–H groups in total. The number of rotatable bonds is 8. The molecule has 2 aromatic rings. The van der Waals surface area contributed by atoms with Crippen LogP contribution in [0.25, 0.3) is 0 Å². The van der Waals surface area contributed by atoms with Gasteiger partial charge < -0.3 is 10.4 Å². The fourth-order valence-corrected chi connectivity index (χ4v) is 3.44. The van der Waals surface area contributed by atoms with Crippen molar-refractivity contribution in [2.75, 3.05) is 6.54 Å². The third-order valence-electron chi connectivity index (χ3n) is 3.74. The Labute approximate surface area is 158 Å². The van der Waals surface area contributed by atoms with E-state index in [-0.39, 0.29) is 28.5 Å². The third kappa shape index (κ3) is 5.90. The Kier molecular flexibility index (Phi) is 6.70. The molecule has 0 atom stereocenters. The van der Waals surface area contributed by atoms with E-state index in [0.717, 1.165) is 5.56 Å². The minimum Gasteiger partial charge on any atom is -0.478 e. The number of hydrogen-bond acceptors (Lipinski definition) is 4. The lowest BCUT2D eigenvalue weighted by molar-refractivity contribution is 0.0697. The number of nitrogens with one attached hydrogen (secondary N) is 2. The highest BCUT2D eigenvalue weighted by Gasteiger charge is 2.14. The van der Waals surface area contributed by atoms with Crippen LogP contribution in [-0.2, 0) is 16.6 Å². The number of benzene rings is 2. The van der Waals surface area contributed by atoms with Crippen molar-refractivity contribution >= 4 is 21.9 Å². The van der Waals surface area contributed by atoms with Gasteiger partial charge in [-0.25, -0.2) is 17.9 Å². The van der Waals surface area contributed by atoms with E-state index in [1.165, 1.54) is 36.4 Å². The van der Waals surface area contributed by atoms with Crippen molar-refractivity contribution < 1.29 is 23.1 Å². The van der Waals surface area contributed by atoms with Crippen molar-refractivity contribution in [3.8, 4) is 0 Å². The summed E-state index contributed by atoms with van der Waals surface area (Å²) in [4.78, 5) is 23.3. The molecule has 2 aromatic carbocycles. The summed E-state index contributed by atoms with van der Waals surface area (Å²) in [6.45, 7) is 4.38. The van der Waals surface area contributed by atoms with Gasteiger partial charge in [-0.2, -0.15) is 0 Å². The highest BCUT2D eigenvalue weighted by molar-refractivity contribution is 7.89. The molecule has 0 radical (unpaired) electrons. The number of amides is 1. The number of carbonyl (C=O) groups excluding carboxylic acids is 1. The van der Waals surface area contributed by atoms with E-state index in [2.05, 4.69) is 10.0 Å². The molecule has 7 nitrogen and oxygen atoms in total. The maximum atomic E-state index is 12.2. The van der Waals surface area contributed by atoms with Gasteiger partial charge in [0.1, 0.15) is 0 Å². The van der Waals surface area contributed by atoms with Crippen molar-refractivity contribution in [3.05, 3.63) is 65.2 Å². The zero-order chi connectivity index (χ0) is 20.0. The molecule has 144 valence electrons. The van der Waals surface area contributed by atoms with Gasteiger partial charge >= 0.3 is 5.97 Å². The number of aromatic carboxylic acids is 1. The van der Waals surface area contributed by atoms with Crippen LogP contribution >= 0.6 is 0 Å². The number of sulfonamides is 1. The molecule has 0 aliphatic rings. The van der Waals surface area contributed by atoms with E-state index in [0.29, 0.717) is 6.54 Å². The molecule has 0 aliphatic carbocycles. The highest BCUT2D eigenvalue weighted by Crippen LogP contribution is 2.11. The van der Waals surface area contributed by atoms with Crippen molar-refractivity contribution in [1.82, 2.24) is 10.0 Å². The number of hydrogen-bond donors (Lipinski definition) is 3. The van der Waals surface area contributed by atoms with Crippen LogP contribution in [0.3, 0.4) is 0 Å². The van der Waals surface area contributed by atoms with E-state index >= 15 is 0 Å². The molecular weight excluding hydrogens is 368 g/mol. The molecule has 0 heterocycles. The molecule has 2 rings (SSSR count). The number of carboxylic acids is 1. The second kappa shape index (κ2) is 8.79. The summed E-state index contributed by atoms with van der Waals surface area (Å²) in [5, 5.41) is 11.7. The maximum absolute atomic E-state index is 12.2. The Balaban J connectivity index is 2.00. The Morgan fingerprint density at radius 1 is 1.04 bits per heavy atom. The van der Waals surface area contributed by atoms with Crippen molar-refractivity contribution in [3.63, 3.8) is 0 Å². The summed E-state index contributed by atoms with van der Waals surface area (Å²) in [6.07, 6.45) is 0. The van der Waals surface area contributed by atoms with Gasteiger partial charge in [-0.1, -0.05) is 32.0 Å². The summed E-state index contributed by atoms with van der Waals surface area (Å²) in [5.41, 5.74) is 0.999. The third-order valence-corrected chi connectivity index (χ3v) is 5.18. The van der Waals surface area contributed by atoms with Crippen LogP contribution in [0.1, 0.15) is 40.1 Å². The van der Waals surface area contributed by atoms with Crippen molar-refractivity contribution in [1.29, 1.82) is 0 Å². The fourth-order valence-electron chi connectivity index (χ4n) is 2.22. The summed E-state index contributed by atoms with van der Waals surface area (Å²) < 4.78 is 26.8. The molecule has 0 saturated heterocycles. The quantitative estimate of drug-likeness (QED) is 0.640. The molecule has 0 saturated carbocycles. The van der Waals surface area contributed by atoms with Gasteiger partial charge in [0.2, 0.25) is 10.0 Å². The topological polar surface area (TPSA) is 113 Å². The second-order valence-electron chi connectivity index (χ2n) is 6.46. The summed E-state index contributed by atoms with van der Waals surface area (Å²) in [7, 11) is -3.55. The Hall–Kier alpha value is -2.71. The molecule has 27 heavy (non-hydrogen) atoms. The minimum absolute atomic E-state index is 0.0334. The van der Waals surface area contributed by atoms with Gasteiger partial charge in [-0.05, 0) is 41.8 Å². The average molecular weight is 390 g/mol. The van der Waals surface area contributed by atoms with E-state index in [4.69, 9.17) is 5.11 Å². The summed E-state index contributed by atoms with van der Waals surface area (Å²) >= 11 is 0. The first-order valence-corrected chi connectivity index (χ1v) is 9.87. The van der Waals surface area contributed by atoms with Crippen LogP contribution < -0.4 is 10.0 Å². The smallest absolute Gasteiger partial charge is 0.335 e. The van der Waals surface area contributed by atoms with Crippen LogP contribution in [0.15, 0.2) is 53.4 Å². The van der Waals surface area contributed by atoms with Crippen molar-refractivity contribution in [2.24, 2.45) is 5.92 Å². The number of carboxylic acid groups (broad SMARTS) is 1. The molecular formula is C19H22N2O5S. The minimum atomic E-state index is -3.55. The Bertz CT molecular complexity index is 921. The fraction of sp³-hybridized carbons (Fsp3) is 0.263. The van der Waals surface area contributed by atoms with Crippen LogP contribution in [0.2, 0.25) is 0 Å². The lowest BCUT2D eigenvalue weighted by atomic mass is 10.1. The molecule has 0 aliphatic heterocycles. The zero-order valence-corrected chi connectivity index (χ0v) is 15.9. The monoisotopic (exact) mass is 390 g/mol. The van der Waals surface area contributed by atoms with E-state index in [1.807, 2.05) is 13.8 Å². The van der Waals surface area contributed by atoms with Gasteiger partial charge in [0, 0.05) is 18.7 Å². The molecule has 0 fully saturated rings. The summed E-state index contributed by atoms with van der Waals surface area (Å²) in [5.74, 6) is -1.31. The lowest BCUT2D eigenvalue weighted by Crippen LogP contribution is -2.27. The predicted octanol–water partition coefficient (Wildman–Crippen LogP) is 2.25. The lowest BCUT2D eigenvalue weighted by Gasteiger charge is -2.10. The van der Waals surface area contributed by atoms with Crippen LogP contribution in [-0.4, -0.2) is 31.9 Å². The van der Waals surface area contributed by atoms with Gasteiger partial charge in [0.05, 0.1) is 10.5 Å². The molecule has 8 heteroatoms. The zero-order valence-electron chi connectivity index (χ0n) is 15.1. The molecule has 0 aromatic heterocycles. The largest absolute Gasteiger partial charge is 0.478 e. The Morgan fingerprint density at radius 2 is 1.67 bits per heavy atom. The van der Waals surface area contributed by atoms with Crippen LogP contribution in [0.4, 0.5) is 0 Å². The average Bonchev–Trinajstić information content (AvgIpc) is 2.65. The van der Waals surface area contributed by atoms with E-state index < -0.39 is 21.9 Å². The molecule has 0 bridgehead atoms. The second-order valence-corrected chi connectivity index (χ2v) is 8.23. The predicted molar refractivity (Wildman–Crippen MR) is 101 cm³/mol. The van der Waals surface area contributed by atoms with Gasteiger partial charge in [-0.3, -0.25) is 4.79 Å². The van der Waals surface area contributed by atoms with Gasteiger partial charge in [0.15, 0.2) is 0 Å². The summed E-state index contributed by atoms with van der Waals surface area (Å²) in [6, 6.07) is 11.9. The number of carbonyl (C=O) groups is 2. The van der Waals surface area contributed by atoms with Crippen LogP contribution in [0, 0.1) is 5.92 Å². The maximum Gasteiger partial charge on any atom is 0.335 e. The standard InChI is InChI=1S/C19H22N2O5S/c1-13(2)11-21-27(25,26)17-8-6-14(7-9-17)12-20-18(22)15-4-3-5-16(10-15)19(23)24/h3-10,13,21H,11-12H2,1-2H3,(H,20,22)(H,23,24). The van der Waals surface area contributed by atoms with E-state index in [1.54, 1.807) is 12.1 Å². The first kappa shape index (κ1) is 20.6. The Morgan fingerprint density at radius 3 is 2.26 bits per heavy atom. The van der Waals surface area contributed by atoms with E-state index in [9.17, 15) is 18.0 Å². The molecule has 0 spiro atoms. The normalized spacial score (nSPS) is 11.4.